The van der Waals surface area contributed by atoms with E-state index in [-0.39, 0.29) is 12.7 Å². The second kappa shape index (κ2) is 6.72. The third kappa shape index (κ3) is 4.23. The SMILES string of the molecule is CC1CC(C)C(CN(CCO)C(C)C)C(O)C1. The monoisotopic (exact) mass is 243 g/mol. The maximum absolute atomic E-state index is 10.2. The van der Waals surface area contributed by atoms with Gasteiger partial charge in [0.05, 0.1) is 12.7 Å². The summed E-state index contributed by atoms with van der Waals surface area (Å²) in [5, 5.41) is 19.3. The molecule has 3 heteroatoms. The zero-order valence-electron chi connectivity index (χ0n) is 11.8. The molecular formula is C14H29NO2. The van der Waals surface area contributed by atoms with E-state index in [1.54, 1.807) is 0 Å². The highest BCUT2D eigenvalue weighted by Gasteiger charge is 2.34. The van der Waals surface area contributed by atoms with Crippen molar-refractivity contribution in [3.8, 4) is 0 Å². The summed E-state index contributed by atoms with van der Waals surface area (Å²) in [6.45, 7) is 10.6. The van der Waals surface area contributed by atoms with Gasteiger partial charge in [-0.2, -0.15) is 0 Å². The van der Waals surface area contributed by atoms with Crippen LogP contribution in [0.1, 0.15) is 40.5 Å². The van der Waals surface area contributed by atoms with Crippen molar-refractivity contribution in [3.05, 3.63) is 0 Å². The van der Waals surface area contributed by atoms with Gasteiger partial charge in [-0.15, -0.1) is 0 Å². The van der Waals surface area contributed by atoms with Gasteiger partial charge in [0.25, 0.3) is 0 Å². The molecule has 1 aliphatic rings. The smallest absolute Gasteiger partial charge is 0.0585 e. The van der Waals surface area contributed by atoms with E-state index in [4.69, 9.17) is 5.11 Å². The molecule has 0 saturated heterocycles. The topological polar surface area (TPSA) is 43.7 Å². The first-order valence-electron chi connectivity index (χ1n) is 6.98. The van der Waals surface area contributed by atoms with E-state index in [0.717, 1.165) is 13.0 Å². The summed E-state index contributed by atoms with van der Waals surface area (Å²) in [5.41, 5.74) is 0. The minimum absolute atomic E-state index is 0.173. The highest BCUT2D eigenvalue weighted by molar-refractivity contribution is 4.85. The van der Waals surface area contributed by atoms with Crippen LogP contribution in [0.2, 0.25) is 0 Å². The second-order valence-corrected chi connectivity index (χ2v) is 6.10. The van der Waals surface area contributed by atoms with Crippen LogP contribution in [0.25, 0.3) is 0 Å². The van der Waals surface area contributed by atoms with E-state index >= 15 is 0 Å². The Morgan fingerprint density at radius 1 is 1.24 bits per heavy atom. The minimum atomic E-state index is -0.173. The van der Waals surface area contributed by atoms with E-state index < -0.39 is 0 Å². The van der Waals surface area contributed by atoms with Crippen molar-refractivity contribution in [2.45, 2.75) is 52.7 Å². The van der Waals surface area contributed by atoms with Gasteiger partial charge in [-0.3, -0.25) is 4.90 Å². The summed E-state index contributed by atoms with van der Waals surface area (Å²) in [5.74, 6) is 1.58. The van der Waals surface area contributed by atoms with Gasteiger partial charge in [0.1, 0.15) is 0 Å². The van der Waals surface area contributed by atoms with Crippen LogP contribution < -0.4 is 0 Å². The van der Waals surface area contributed by atoms with Crippen molar-refractivity contribution in [2.24, 2.45) is 17.8 Å². The normalized spacial score (nSPS) is 34.6. The van der Waals surface area contributed by atoms with Crippen molar-refractivity contribution in [1.82, 2.24) is 4.90 Å². The van der Waals surface area contributed by atoms with E-state index in [0.29, 0.717) is 30.3 Å². The second-order valence-electron chi connectivity index (χ2n) is 6.10. The minimum Gasteiger partial charge on any atom is -0.395 e. The molecule has 0 aliphatic heterocycles. The number of hydrogen-bond donors (Lipinski definition) is 2. The Balaban J connectivity index is 2.58. The molecule has 0 aromatic heterocycles. The van der Waals surface area contributed by atoms with Crippen LogP contribution in [-0.2, 0) is 0 Å². The third-order valence-corrected chi connectivity index (χ3v) is 4.21. The summed E-state index contributed by atoms with van der Waals surface area (Å²) in [4.78, 5) is 2.28. The average Bonchev–Trinajstić information content (AvgIpc) is 2.21. The van der Waals surface area contributed by atoms with Gasteiger partial charge < -0.3 is 10.2 Å². The molecule has 4 unspecified atom stereocenters. The van der Waals surface area contributed by atoms with Crippen LogP contribution in [0.5, 0.6) is 0 Å². The molecule has 0 spiro atoms. The van der Waals surface area contributed by atoms with Crippen LogP contribution in [-0.4, -0.2) is 47.0 Å². The molecule has 0 aromatic rings. The molecule has 102 valence electrons. The first kappa shape index (κ1) is 14.9. The zero-order valence-corrected chi connectivity index (χ0v) is 11.8. The average molecular weight is 243 g/mol. The molecule has 1 rings (SSSR count). The molecule has 2 N–H and O–H groups in total. The molecule has 0 heterocycles. The van der Waals surface area contributed by atoms with Gasteiger partial charge in [0.2, 0.25) is 0 Å². The predicted molar refractivity (Wildman–Crippen MR) is 70.9 cm³/mol. The van der Waals surface area contributed by atoms with Gasteiger partial charge in [-0.25, -0.2) is 0 Å². The molecule has 4 atom stereocenters. The molecule has 0 radical (unpaired) electrons. The molecule has 0 aromatic carbocycles. The Hall–Kier alpha value is -0.120. The fraction of sp³-hybridized carbons (Fsp3) is 1.00. The van der Waals surface area contributed by atoms with Crippen LogP contribution in [0, 0.1) is 17.8 Å². The lowest BCUT2D eigenvalue weighted by atomic mass is 9.73. The first-order chi connectivity index (χ1) is 7.95. The summed E-state index contributed by atoms with van der Waals surface area (Å²) < 4.78 is 0. The Morgan fingerprint density at radius 3 is 2.35 bits per heavy atom. The van der Waals surface area contributed by atoms with Gasteiger partial charge in [0.15, 0.2) is 0 Å². The standard InChI is InChI=1S/C14H29NO2/c1-10(2)15(5-6-16)9-13-12(4)7-11(3)8-14(13)17/h10-14,16-17H,5-9H2,1-4H3. The maximum atomic E-state index is 10.2. The number of aliphatic hydroxyl groups is 2. The van der Waals surface area contributed by atoms with Crippen LogP contribution >= 0.6 is 0 Å². The fourth-order valence-corrected chi connectivity index (χ4v) is 3.13. The lowest BCUT2D eigenvalue weighted by Crippen LogP contribution is -2.45. The van der Waals surface area contributed by atoms with Crippen LogP contribution in [0.4, 0.5) is 0 Å². The maximum Gasteiger partial charge on any atom is 0.0585 e. The number of nitrogens with zero attached hydrogens (tertiary/aromatic N) is 1. The van der Waals surface area contributed by atoms with Gasteiger partial charge in [-0.05, 0) is 38.5 Å². The summed E-state index contributed by atoms with van der Waals surface area (Å²) in [6, 6.07) is 0.431. The molecule has 3 nitrogen and oxygen atoms in total. The lowest BCUT2D eigenvalue weighted by Gasteiger charge is -2.40. The van der Waals surface area contributed by atoms with E-state index in [1.807, 2.05) is 0 Å². The quantitative estimate of drug-likeness (QED) is 0.773. The van der Waals surface area contributed by atoms with E-state index in [9.17, 15) is 5.11 Å². The Morgan fingerprint density at radius 2 is 1.88 bits per heavy atom. The number of hydrogen-bond acceptors (Lipinski definition) is 3. The lowest BCUT2D eigenvalue weighted by molar-refractivity contribution is -0.00924. The highest BCUT2D eigenvalue weighted by atomic mass is 16.3. The van der Waals surface area contributed by atoms with Crippen LogP contribution in [0.15, 0.2) is 0 Å². The van der Waals surface area contributed by atoms with Gasteiger partial charge >= 0.3 is 0 Å². The molecule has 0 bridgehead atoms. The summed E-state index contributed by atoms with van der Waals surface area (Å²) in [6.07, 6.45) is 1.97. The molecule has 1 saturated carbocycles. The first-order valence-corrected chi connectivity index (χ1v) is 6.98. The highest BCUT2D eigenvalue weighted by Crippen LogP contribution is 2.34. The number of rotatable bonds is 5. The Labute approximate surface area is 106 Å². The third-order valence-electron chi connectivity index (χ3n) is 4.21. The molecule has 0 amide bonds. The van der Waals surface area contributed by atoms with E-state index in [1.165, 1.54) is 6.42 Å². The van der Waals surface area contributed by atoms with Crippen molar-refractivity contribution >= 4 is 0 Å². The van der Waals surface area contributed by atoms with Crippen molar-refractivity contribution in [1.29, 1.82) is 0 Å². The van der Waals surface area contributed by atoms with Crippen molar-refractivity contribution < 1.29 is 10.2 Å². The molecular weight excluding hydrogens is 214 g/mol. The fourth-order valence-electron chi connectivity index (χ4n) is 3.13. The van der Waals surface area contributed by atoms with Crippen molar-refractivity contribution in [2.75, 3.05) is 19.7 Å². The largest absolute Gasteiger partial charge is 0.395 e. The van der Waals surface area contributed by atoms with Gasteiger partial charge in [-0.1, -0.05) is 13.8 Å². The summed E-state index contributed by atoms with van der Waals surface area (Å²) in [7, 11) is 0. The molecule has 1 aliphatic carbocycles. The Bertz CT molecular complexity index is 208. The van der Waals surface area contributed by atoms with Crippen LogP contribution in [0.3, 0.4) is 0 Å². The van der Waals surface area contributed by atoms with Gasteiger partial charge in [0, 0.05) is 25.0 Å². The number of aliphatic hydroxyl groups excluding tert-OH is 2. The van der Waals surface area contributed by atoms with Crippen molar-refractivity contribution in [3.63, 3.8) is 0 Å². The summed E-state index contributed by atoms with van der Waals surface area (Å²) >= 11 is 0. The van der Waals surface area contributed by atoms with E-state index in [2.05, 4.69) is 32.6 Å². The predicted octanol–water partition coefficient (Wildman–Crippen LogP) is 1.73. The molecule has 1 fully saturated rings. The zero-order chi connectivity index (χ0) is 13.0. The molecule has 17 heavy (non-hydrogen) atoms. The Kier molecular flexibility index (Phi) is 5.90.